The third-order valence-corrected chi connectivity index (χ3v) is 3.38. The highest BCUT2D eigenvalue weighted by atomic mass is 16.5. The average molecular weight is 310 g/mol. The van der Waals surface area contributed by atoms with Crippen molar-refractivity contribution in [2.24, 2.45) is 5.73 Å². The summed E-state index contributed by atoms with van der Waals surface area (Å²) in [6.45, 7) is 6.88. The van der Waals surface area contributed by atoms with Gasteiger partial charge in [0.15, 0.2) is 11.5 Å². The number of anilines is 1. The number of aromatic hydroxyl groups is 1. The SMILES string of the molecule is CCOc1cc(C(N)=O)c(O)c(OCC)c1N1CCOCC1. The molecule has 1 aromatic rings. The van der Waals surface area contributed by atoms with Crippen molar-refractivity contribution >= 4 is 11.6 Å². The Hall–Kier alpha value is -2.15. The minimum atomic E-state index is -0.729. The predicted octanol–water partition coefficient (Wildman–Crippen LogP) is 1.13. The standard InChI is InChI=1S/C15H22N2O5/c1-3-21-11-9-10(15(16)19)13(18)14(22-4-2)12(11)17-5-7-20-8-6-17/h9,18H,3-8H2,1-2H3,(H2,16,19). The van der Waals surface area contributed by atoms with Crippen LogP contribution in [-0.4, -0.2) is 50.5 Å². The van der Waals surface area contributed by atoms with Crippen LogP contribution in [0.15, 0.2) is 6.07 Å². The molecular formula is C15H22N2O5. The molecule has 1 fully saturated rings. The first-order chi connectivity index (χ1) is 10.6. The number of primary amides is 1. The van der Waals surface area contributed by atoms with Gasteiger partial charge in [-0.05, 0) is 19.9 Å². The lowest BCUT2D eigenvalue weighted by atomic mass is 10.1. The maximum atomic E-state index is 11.5. The van der Waals surface area contributed by atoms with Gasteiger partial charge in [-0.15, -0.1) is 0 Å². The Kier molecular flexibility index (Phi) is 5.32. The Morgan fingerprint density at radius 3 is 2.50 bits per heavy atom. The Morgan fingerprint density at radius 2 is 1.95 bits per heavy atom. The van der Waals surface area contributed by atoms with Gasteiger partial charge in [-0.1, -0.05) is 0 Å². The number of benzene rings is 1. The normalized spacial score (nSPS) is 14.7. The Bertz CT molecular complexity index is 541. The fraction of sp³-hybridized carbons (Fsp3) is 0.533. The van der Waals surface area contributed by atoms with Crippen molar-refractivity contribution in [3.8, 4) is 17.2 Å². The Balaban J connectivity index is 2.59. The first-order valence-electron chi connectivity index (χ1n) is 7.38. The first kappa shape index (κ1) is 16.2. The molecule has 0 aliphatic carbocycles. The van der Waals surface area contributed by atoms with E-state index in [1.807, 2.05) is 11.8 Å². The van der Waals surface area contributed by atoms with Gasteiger partial charge in [0.25, 0.3) is 5.91 Å². The number of carbonyl (C=O) groups excluding carboxylic acids is 1. The number of amides is 1. The van der Waals surface area contributed by atoms with Crippen molar-refractivity contribution in [3.05, 3.63) is 11.6 Å². The fourth-order valence-corrected chi connectivity index (χ4v) is 2.43. The number of morpholine rings is 1. The number of ether oxygens (including phenoxy) is 3. The van der Waals surface area contributed by atoms with Gasteiger partial charge in [-0.3, -0.25) is 4.79 Å². The number of carbonyl (C=O) groups is 1. The minimum Gasteiger partial charge on any atom is -0.504 e. The van der Waals surface area contributed by atoms with Crippen molar-refractivity contribution in [1.29, 1.82) is 0 Å². The van der Waals surface area contributed by atoms with Gasteiger partial charge in [0.1, 0.15) is 11.4 Å². The molecule has 1 saturated heterocycles. The van der Waals surface area contributed by atoms with E-state index in [2.05, 4.69) is 0 Å². The molecule has 0 atom stereocenters. The van der Waals surface area contributed by atoms with Crippen LogP contribution in [0.2, 0.25) is 0 Å². The van der Waals surface area contributed by atoms with Crippen LogP contribution in [0.5, 0.6) is 17.2 Å². The highest BCUT2D eigenvalue weighted by Crippen LogP contribution is 2.46. The summed E-state index contributed by atoms with van der Waals surface area (Å²) in [5.41, 5.74) is 5.95. The molecule has 0 bridgehead atoms. The van der Waals surface area contributed by atoms with Crippen LogP contribution in [-0.2, 0) is 4.74 Å². The van der Waals surface area contributed by atoms with Crippen LogP contribution in [0.4, 0.5) is 5.69 Å². The summed E-state index contributed by atoms with van der Waals surface area (Å²) in [5.74, 6) is -0.282. The number of hydrogen-bond donors (Lipinski definition) is 2. The lowest BCUT2D eigenvalue weighted by Gasteiger charge is -2.32. The number of rotatable bonds is 6. The molecule has 1 amide bonds. The molecule has 22 heavy (non-hydrogen) atoms. The smallest absolute Gasteiger partial charge is 0.252 e. The lowest BCUT2D eigenvalue weighted by Crippen LogP contribution is -2.37. The third-order valence-electron chi connectivity index (χ3n) is 3.38. The van der Waals surface area contributed by atoms with E-state index in [0.29, 0.717) is 51.0 Å². The van der Waals surface area contributed by atoms with Crippen LogP contribution >= 0.6 is 0 Å². The van der Waals surface area contributed by atoms with E-state index in [1.165, 1.54) is 6.07 Å². The molecule has 0 radical (unpaired) electrons. The van der Waals surface area contributed by atoms with Gasteiger partial charge < -0.3 is 30.0 Å². The molecule has 2 rings (SSSR count). The highest BCUT2D eigenvalue weighted by molar-refractivity contribution is 5.99. The molecule has 1 aromatic carbocycles. The zero-order chi connectivity index (χ0) is 16.1. The Labute approximate surface area is 129 Å². The molecule has 7 nitrogen and oxygen atoms in total. The monoisotopic (exact) mass is 310 g/mol. The molecule has 3 N–H and O–H groups in total. The minimum absolute atomic E-state index is 0.0103. The second-order valence-electron chi connectivity index (χ2n) is 4.78. The molecule has 122 valence electrons. The molecule has 7 heteroatoms. The molecule has 1 heterocycles. The number of nitrogens with two attached hydrogens (primary N) is 1. The maximum Gasteiger partial charge on any atom is 0.252 e. The van der Waals surface area contributed by atoms with Crippen LogP contribution < -0.4 is 20.1 Å². The molecule has 0 spiro atoms. The quantitative estimate of drug-likeness (QED) is 0.818. The summed E-state index contributed by atoms with van der Waals surface area (Å²) >= 11 is 0. The van der Waals surface area contributed by atoms with Gasteiger partial charge in [-0.25, -0.2) is 0 Å². The van der Waals surface area contributed by atoms with E-state index in [0.717, 1.165) is 0 Å². The van der Waals surface area contributed by atoms with Crippen LogP contribution in [0.1, 0.15) is 24.2 Å². The van der Waals surface area contributed by atoms with Crippen molar-refractivity contribution in [3.63, 3.8) is 0 Å². The summed E-state index contributed by atoms with van der Waals surface area (Å²) < 4.78 is 16.6. The predicted molar refractivity (Wildman–Crippen MR) is 82.0 cm³/mol. The van der Waals surface area contributed by atoms with Gasteiger partial charge in [0.05, 0.1) is 32.0 Å². The van der Waals surface area contributed by atoms with E-state index in [1.54, 1.807) is 6.92 Å². The van der Waals surface area contributed by atoms with Gasteiger partial charge >= 0.3 is 0 Å². The van der Waals surface area contributed by atoms with Crippen molar-refractivity contribution in [2.45, 2.75) is 13.8 Å². The average Bonchev–Trinajstić information content (AvgIpc) is 2.51. The second kappa shape index (κ2) is 7.22. The number of phenols is 1. The molecule has 1 aliphatic rings. The molecule has 1 aliphatic heterocycles. The lowest BCUT2D eigenvalue weighted by molar-refractivity contribution is 0.0996. The largest absolute Gasteiger partial charge is 0.504 e. The third kappa shape index (κ3) is 3.19. The van der Waals surface area contributed by atoms with Gasteiger partial charge in [-0.2, -0.15) is 0 Å². The van der Waals surface area contributed by atoms with Gasteiger partial charge in [0, 0.05) is 13.1 Å². The molecule has 0 unspecified atom stereocenters. The summed E-state index contributed by atoms with van der Waals surface area (Å²) in [5, 5.41) is 10.4. The number of hydrogen-bond acceptors (Lipinski definition) is 6. The summed E-state index contributed by atoms with van der Waals surface area (Å²) in [7, 11) is 0. The van der Waals surface area contributed by atoms with E-state index in [-0.39, 0.29) is 17.1 Å². The van der Waals surface area contributed by atoms with Crippen molar-refractivity contribution in [1.82, 2.24) is 0 Å². The topological polar surface area (TPSA) is 94.2 Å². The summed E-state index contributed by atoms with van der Waals surface area (Å²) in [4.78, 5) is 13.6. The molecule has 0 saturated carbocycles. The molecular weight excluding hydrogens is 288 g/mol. The zero-order valence-corrected chi connectivity index (χ0v) is 12.9. The van der Waals surface area contributed by atoms with Crippen molar-refractivity contribution in [2.75, 3.05) is 44.4 Å². The van der Waals surface area contributed by atoms with E-state index in [9.17, 15) is 9.90 Å². The van der Waals surface area contributed by atoms with Crippen LogP contribution in [0, 0.1) is 0 Å². The van der Waals surface area contributed by atoms with Crippen LogP contribution in [0.3, 0.4) is 0 Å². The summed E-state index contributed by atoms with van der Waals surface area (Å²) in [6, 6.07) is 1.47. The molecule has 0 aromatic heterocycles. The first-order valence-corrected chi connectivity index (χ1v) is 7.38. The number of nitrogens with zero attached hydrogens (tertiary/aromatic N) is 1. The van der Waals surface area contributed by atoms with E-state index >= 15 is 0 Å². The summed E-state index contributed by atoms with van der Waals surface area (Å²) in [6.07, 6.45) is 0. The second-order valence-corrected chi connectivity index (χ2v) is 4.78. The van der Waals surface area contributed by atoms with Crippen molar-refractivity contribution < 1.29 is 24.1 Å². The fourth-order valence-electron chi connectivity index (χ4n) is 2.43. The maximum absolute atomic E-state index is 11.5. The van der Waals surface area contributed by atoms with E-state index < -0.39 is 5.91 Å². The Morgan fingerprint density at radius 1 is 1.32 bits per heavy atom. The van der Waals surface area contributed by atoms with Crippen LogP contribution in [0.25, 0.3) is 0 Å². The zero-order valence-electron chi connectivity index (χ0n) is 12.9. The highest BCUT2D eigenvalue weighted by Gasteiger charge is 2.27. The van der Waals surface area contributed by atoms with E-state index in [4.69, 9.17) is 19.9 Å². The van der Waals surface area contributed by atoms with Gasteiger partial charge in [0.2, 0.25) is 0 Å².